The van der Waals surface area contributed by atoms with E-state index >= 15 is 0 Å². The molecule has 0 saturated carbocycles. The number of carbonyl (C=O) groups excluding carboxylic acids is 3. The van der Waals surface area contributed by atoms with Gasteiger partial charge in [0, 0.05) is 29.2 Å². The summed E-state index contributed by atoms with van der Waals surface area (Å²) >= 11 is 3.40. The van der Waals surface area contributed by atoms with Crippen LogP contribution in [0.3, 0.4) is 0 Å². The fraction of sp³-hybridized carbons (Fsp3) is 0.318. The molecular formula is C22H23BrN2O6. The smallest absolute Gasteiger partial charge is 0.311 e. The van der Waals surface area contributed by atoms with Gasteiger partial charge in [-0.15, -0.1) is 0 Å². The second kappa shape index (κ2) is 9.82. The van der Waals surface area contributed by atoms with Gasteiger partial charge in [0.25, 0.3) is 5.91 Å². The van der Waals surface area contributed by atoms with Gasteiger partial charge >= 0.3 is 5.97 Å². The number of nitrogens with zero attached hydrogens (tertiary/aromatic N) is 1. The van der Waals surface area contributed by atoms with E-state index in [1.807, 2.05) is 13.0 Å². The van der Waals surface area contributed by atoms with Gasteiger partial charge in [-0.05, 0) is 42.8 Å². The molecule has 2 aromatic rings. The van der Waals surface area contributed by atoms with Crippen LogP contribution >= 0.6 is 15.9 Å². The van der Waals surface area contributed by atoms with Gasteiger partial charge in [-0.2, -0.15) is 0 Å². The van der Waals surface area contributed by atoms with Gasteiger partial charge in [0.05, 0.1) is 25.8 Å². The number of esters is 1. The molecule has 0 radical (unpaired) electrons. The van der Waals surface area contributed by atoms with E-state index in [1.54, 1.807) is 30.3 Å². The van der Waals surface area contributed by atoms with Crippen molar-refractivity contribution >= 4 is 45.1 Å². The summed E-state index contributed by atoms with van der Waals surface area (Å²) in [6, 6.07) is 10.5. The van der Waals surface area contributed by atoms with E-state index < -0.39 is 24.4 Å². The minimum Gasteiger partial charge on any atom is -0.497 e. The first-order valence-electron chi connectivity index (χ1n) is 9.57. The molecule has 1 atom stereocenters. The molecule has 2 aromatic carbocycles. The molecule has 0 aromatic heterocycles. The van der Waals surface area contributed by atoms with E-state index in [0.29, 0.717) is 22.9 Å². The average Bonchev–Trinajstić information content (AvgIpc) is 3.15. The van der Waals surface area contributed by atoms with Crippen LogP contribution in [0.4, 0.5) is 11.4 Å². The second-order valence-electron chi connectivity index (χ2n) is 7.06. The maximum atomic E-state index is 12.5. The van der Waals surface area contributed by atoms with Crippen LogP contribution in [-0.4, -0.2) is 45.2 Å². The monoisotopic (exact) mass is 490 g/mol. The highest BCUT2D eigenvalue weighted by Crippen LogP contribution is 2.36. The van der Waals surface area contributed by atoms with Crippen molar-refractivity contribution in [2.45, 2.75) is 13.3 Å². The SMILES string of the molecule is COc1ccc(OC)c(N2C[C@@H](C(=O)OCC(=O)Nc3ccc(Br)c(C)c3)CC2=O)c1. The molecule has 1 aliphatic rings. The predicted molar refractivity (Wildman–Crippen MR) is 118 cm³/mol. The molecule has 1 fully saturated rings. The highest BCUT2D eigenvalue weighted by molar-refractivity contribution is 9.10. The summed E-state index contributed by atoms with van der Waals surface area (Å²) < 4.78 is 16.6. The molecule has 0 aliphatic carbocycles. The van der Waals surface area contributed by atoms with E-state index in [9.17, 15) is 14.4 Å². The first-order valence-corrected chi connectivity index (χ1v) is 10.4. The summed E-state index contributed by atoms with van der Waals surface area (Å²) in [4.78, 5) is 38.6. The first-order chi connectivity index (χ1) is 14.8. The van der Waals surface area contributed by atoms with Crippen LogP contribution in [-0.2, 0) is 19.1 Å². The van der Waals surface area contributed by atoms with E-state index in [-0.39, 0.29) is 18.9 Å². The lowest BCUT2D eigenvalue weighted by Crippen LogP contribution is -2.28. The number of benzene rings is 2. The Hall–Kier alpha value is -3.07. The normalized spacial score (nSPS) is 15.5. The number of nitrogens with one attached hydrogen (secondary N) is 1. The standard InChI is InChI=1S/C22H23BrN2O6/c1-13-8-15(4-6-17(13)23)24-20(26)12-31-22(28)14-9-21(27)25(11-14)18-10-16(29-2)5-7-19(18)30-3/h4-8,10,14H,9,11-12H2,1-3H3,(H,24,26)/t14-/m0/s1. The number of methoxy groups -OCH3 is 2. The average molecular weight is 491 g/mol. The van der Waals surface area contributed by atoms with Crippen LogP contribution < -0.4 is 19.7 Å². The quantitative estimate of drug-likeness (QED) is 0.598. The molecule has 0 unspecified atom stereocenters. The molecule has 8 nitrogen and oxygen atoms in total. The molecule has 31 heavy (non-hydrogen) atoms. The minimum atomic E-state index is -0.675. The van der Waals surface area contributed by atoms with Gasteiger partial charge in [-0.3, -0.25) is 14.4 Å². The fourth-order valence-electron chi connectivity index (χ4n) is 3.28. The van der Waals surface area contributed by atoms with E-state index in [2.05, 4.69) is 21.2 Å². The van der Waals surface area contributed by atoms with Crippen LogP contribution in [0.25, 0.3) is 0 Å². The zero-order valence-electron chi connectivity index (χ0n) is 17.4. The van der Waals surface area contributed by atoms with Crippen molar-refractivity contribution in [2.24, 2.45) is 5.92 Å². The Morgan fingerprint density at radius 3 is 2.61 bits per heavy atom. The van der Waals surface area contributed by atoms with Crippen LogP contribution in [0, 0.1) is 12.8 Å². The lowest BCUT2D eigenvalue weighted by atomic mass is 10.1. The Morgan fingerprint density at radius 1 is 1.16 bits per heavy atom. The number of anilines is 2. The highest BCUT2D eigenvalue weighted by Gasteiger charge is 2.37. The van der Waals surface area contributed by atoms with Crippen LogP contribution in [0.1, 0.15) is 12.0 Å². The molecule has 164 valence electrons. The summed E-state index contributed by atoms with van der Waals surface area (Å²) in [5, 5.41) is 2.68. The summed E-state index contributed by atoms with van der Waals surface area (Å²) in [7, 11) is 3.03. The van der Waals surface area contributed by atoms with Crippen LogP contribution in [0.5, 0.6) is 11.5 Å². The number of hydrogen-bond donors (Lipinski definition) is 1. The second-order valence-corrected chi connectivity index (χ2v) is 7.92. The van der Waals surface area contributed by atoms with Gasteiger partial charge in [0.2, 0.25) is 5.91 Å². The Morgan fingerprint density at radius 2 is 1.94 bits per heavy atom. The molecular weight excluding hydrogens is 468 g/mol. The fourth-order valence-corrected chi connectivity index (χ4v) is 3.53. The zero-order valence-corrected chi connectivity index (χ0v) is 19.0. The molecule has 1 heterocycles. The number of hydrogen-bond acceptors (Lipinski definition) is 6. The lowest BCUT2D eigenvalue weighted by molar-refractivity contribution is -0.151. The molecule has 1 N–H and O–H groups in total. The van der Waals surface area contributed by atoms with E-state index in [4.69, 9.17) is 14.2 Å². The first kappa shape index (κ1) is 22.6. The zero-order chi connectivity index (χ0) is 22.5. The summed E-state index contributed by atoms with van der Waals surface area (Å²) in [6.45, 7) is 1.61. The number of amides is 2. The molecule has 9 heteroatoms. The van der Waals surface area contributed by atoms with Crippen molar-refractivity contribution in [3.63, 3.8) is 0 Å². The largest absolute Gasteiger partial charge is 0.497 e. The summed E-state index contributed by atoms with van der Waals surface area (Å²) in [5.41, 5.74) is 2.09. The van der Waals surface area contributed by atoms with Crippen molar-refractivity contribution in [3.8, 4) is 11.5 Å². The Balaban J connectivity index is 1.59. The summed E-state index contributed by atoms with van der Waals surface area (Å²) in [6.07, 6.45) is -0.00722. The van der Waals surface area contributed by atoms with Crippen molar-refractivity contribution in [1.29, 1.82) is 0 Å². The molecule has 0 spiro atoms. The van der Waals surface area contributed by atoms with Gasteiger partial charge < -0.3 is 24.4 Å². The Bertz CT molecular complexity index is 1010. The molecule has 2 amide bonds. The Kier molecular flexibility index (Phi) is 7.17. The maximum absolute atomic E-state index is 12.5. The molecule has 1 aliphatic heterocycles. The molecule has 3 rings (SSSR count). The van der Waals surface area contributed by atoms with Gasteiger partial charge in [-0.25, -0.2) is 0 Å². The van der Waals surface area contributed by atoms with Crippen molar-refractivity contribution < 1.29 is 28.6 Å². The minimum absolute atomic E-state index is 0.00722. The third kappa shape index (κ3) is 5.35. The summed E-state index contributed by atoms with van der Waals surface area (Å²) in [5.74, 6) is -0.901. The highest BCUT2D eigenvalue weighted by atomic mass is 79.9. The maximum Gasteiger partial charge on any atom is 0.311 e. The van der Waals surface area contributed by atoms with Gasteiger partial charge in [0.1, 0.15) is 11.5 Å². The number of ether oxygens (including phenoxy) is 3. The number of aryl methyl sites for hydroxylation is 1. The third-order valence-electron chi connectivity index (χ3n) is 4.92. The Labute approximate surface area is 188 Å². The van der Waals surface area contributed by atoms with Crippen molar-refractivity contribution in [2.75, 3.05) is 37.6 Å². The third-order valence-corrected chi connectivity index (χ3v) is 5.81. The van der Waals surface area contributed by atoms with Gasteiger partial charge in [-0.1, -0.05) is 15.9 Å². The van der Waals surface area contributed by atoms with Crippen molar-refractivity contribution in [3.05, 3.63) is 46.4 Å². The van der Waals surface area contributed by atoms with Crippen molar-refractivity contribution in [1.82, 2.24) is 0 Å². The predicted octanol–water partition coefficient (Wildman–Crippen LogP) is 3.31. The van der Waals surface area contributed by atoms with Crippen LogP contribution in [0.15, 0.2) is 40.9 Å². The number of carbonyl (C=O) groups is 3. The molecule has 0 bridgehead atoms. The molecule has 1 saturated heterocycles. The topological polar surface area (TPSA) is 94.2 Å². The number of rotatable bonds is 7. The van der Waals surface area contributed by atoms with E-state index in [0.717, 1.165) is 10.0 Å². The van der Waals surface area contributed by atoms with Gasteiger partial charge in [0.15, 0.2) is 6.61 Å². The van der Waals surface area contributed by atoms with E-state index in [1.165, 1.54) is 19.1 Å². The van der Waals surface area contributed by atoms with Crippen LogP contribution in [0.2, 0.25) is 0 Å². The number of halogens is 1. The lowest BCUT2D eigenvalue weighted by Gasteiger charge is -2.20.